The van der Waals surface area contributed by atoms with E-state index >= 15 is 0 Å². The third-order valence-corrected chi connectivity index (χ3v) is 6.68. The molecule has 0 aliphatic carbocycles. The molecule has 0 unspecified atom stereocenters. The first-order valence-corrected chi connectivity index (χ1v) is 11.0. The van der Waals surface area contributed by atoms with Crippen LogP contribution in [0.1, 0.15) is 29.8 Å². The minimum atomic E-state index is -3.53. The molecule has 2 rings (SSSR count). The standard InChI is InChI=1S/C21H23ClN2O5S/c1-4-24(5-2)30(27,28)17-10-6-15(7-11-17)8-13-20(25)23-16-9-12-19(22)18(14-16)21(26)29-3/h6-14H,4-5H2,1-3H3,(H,23,25). The second-order valence-electron chi connectivity index (χ2n) is 6.17. The minimum Gasteiger partial charge on any atom is -0.465 e. The molecule has 0 atom stereocenters. The van der Waals surface area contributed by atoms with Crippen LogP contribution in [0.4, 0.5) is 5.69 Å². The highest BCUT2D eigenvalue weighted by Gasteiger charge is 2.21. The maximum atomic E-state index is 12.5. The van der Waals surface area contributed by atoms with Crippen LogP contribution in [-0.4, -0.2) is 44.8 Å². The number of amides is 1. The Bertz CT molecular complexity index is 1050. The largest absolute Gasteiger partial charge is 0.465 e. The summed E-state index contributed by atoms with van der Waals surface area (Å²) < 4.78 is 31.0. The SMILES string of the molecule is CCN(CC)S(=O)(=O)c1ccc(C=CC(=O)Nc2ccc(Cl)c(C(=O)OC)c2)cc1. The summed E-state index contributed by atoms with van der Waals surface area (Å²) in [6.45, 7) is 4.35. The zero-order valence-electron chi connectivity index (χ0n) is 16.9. The lowest BCUT2D eigenvalue weighted by Gasteiger charge is -2.18. The Balaban J connectivity index is 2.10. The highest BCUT2D eigenvalue weighted by atomic mass is 35.5. The Labute approximate surface area is 181 Å². The third kappa shape index (κ3) is 5.69. The first kappa shape index (κ1) is 23.6. The van der Waals surface area contributed by atoms with Gasteiger partial charge in [-0.3, -0.25) is 4.79 Å². The van der Waals surface area contributed by atoms with Crippen LogP contribution in [0.15, 0.2) is 53.4 Å². The van der Waals surface area contributed by atoms with Gasteiger partial charge in [0.25, 0.3) is 0 Å². The van der Waals surface area contributed by atoms with E-state index < -0.39 is 21.9 Å². The van der Waals surface area contributed by atoms with Gasteiger partial charge in [0.05, 0.1) is 22.6 Å². The second kappa shape index (κ2) is 10.4. The minimum absolute atomic E-state index is 0.144. The van der Waals surface area contributed by atoms with Crippen LogP contribution in [0.3, 0.4) is 0 Å². The van der Waals surface area contributed by atoms with Crippen LogP contribution in [-0.2, 0) is 19.6 Å². The number of esters is 1. The Kier molecular flexibility index (Phi) is 8.16. The number of rotatable bonds is 8. The predicted molar refractivity (Wildman–Crippen MR) is 117 cm³/mol. The number of nitrogens with zero attached hydrogens (tertiary/aromatic N) is 1. The number of halogens is 1. The van der Waals surface area contributed by atoms with Gasteiger partial charge in [0.1, 0.15) is 0 Å². The maximum absolute atomic E-state index is 12.5. The predicted octanol–water partition coefficient (Wildman–Crippen LogP) is 3.81. The van der Waals surface area contributed by atoms with Crippen LogP contribution < -0.4 is 5.32 Å². The van der Waals surface area contributed by atoms with Gasteiger partial charge in [0.2, 0.25) is 15.9 Å². The number of carbonyl (C=O) groups excluding carboxylic acids is 2. The smallest absolute Gasteiger partial charge is 0.339 e. The molecule has 0 aromatic heterocycles. The Morgan fingerprint density at radius 2 is 1.73 bits per heavy atom. The Hall–Kier alpha value is -2.68. The lowest BCUT2D eigenvalue weighted by molar-refractivity contribution is -0.111. The molecule has 2 aromatic rings. The van der Waals surface area contributed by atoms with Gasteiger partial charge in [0, 0.05) is 24.9 Å². The van der Waals surface area contributed by atoms with Crippen LogP contribution in [0.2, 0.25) is 5.02 Å². The second-order valence-corrected chi connectivity index (χ2v) is 8.51. The van der Waals surface area contributed by atoms with Crippen molar-refractivity contribution in [1.29, 1.82) is 0 Å². The van der Waals surface area contributed by atoms with Crippen LogP contribution in [0.25, 0.3) is 6.08 Å². The molecule has 2 aromatic carbocycles. The molecule has 0 aliphatic rings. The van der Waals surface area contributed by atoms with Gasteiger partial charge in [-0.2, -0.15) is 4.31 Å². The molecular weight excluding hydrogens is 428 g/mol. The lowest BCUT2D eigenvalue weighted by atomic mass is 10.2. The molecule has 0 saturated heterocycles. The van der Waals surface area contributed by atoms with Crippen LogP contribution in [0, 0.1) is 0 Å². The molecule has 0 bridgehead atoms. The van der Waals surface area contributed by atoms with Crippen molar-refractivity contribution < 1.29 is 22.7 Å². The quantitative estimate of drug-likeness (QED) is 0.487. The normalized spacial score (nSPS) is 11.6. The highest BCUT2D eigenvalue weighted by molar-refractivity contribution is 7.89. The average Bonchev–Trinajstić information content (AvgIpc) is 2.74. The fourth-order valence-electron chi connectivity index (χ4n) is 2.69. The number of carbonyl (C=O) groups is 2. The van der Waals surface area contributed by atoms with E-state index in [1.807, 2.05) is 0 Å². The van der Waals surface area contributed by atoms with Gasteiger partial charge < -0.3 is 10.1 Å². The van der Waals surface area contributed by atoms with Crippen molar-refractivity contribution in [3.05, 3.63) is 64.7 Å². The van der Waals surface area contributed by atoms with Crippen molar-refractivity contribution >= 4 is 45.3 Å². The van der Waals surface area contributed by atoms with E-state index in [0.29, 0.717) is 24.3 Å². The zero-order valence-corrected chi connectivity index (χ0v) is 18.5. The molecule has 0 aliphatic heterocycles. The first-order valence-electron chi connectivity index (χ1n) is 9.20. The summed E-state index contributed by atoms with van der Waals surface area (Å²) in [6.07, 6.45) is 2.86. The molecule has 7 nitrogen and oxygen atoms in total. The van der Waals surface area contributed by atoms with E-state index in [0.717, 1.165) is 0 Å². The summed E-state index contributed by atoms with van der Waals surface area (Å²) in [7, 11) is -2.28. The number of methoxy groups -OCH3 is 1. The number of benzene rings is 2. The van der Waals surface area contributed by atoms with Crippen molar-refractivity contribution in [1.82, 2.24) is 4.31 Å². The molecule has 9 heteroatoms. The highest BCUT2D eigenvalue weighted by Crippen LogP contribution is 2.21. The van der Waals surface area contributed by atoms with Gasteiger partial charge in [-0.05, 0) is 42.0 Å². The van der Waals surface area contributed by atoms with E-state index in [1.165, 1.54) is 41.8 Å². The van der Waals surface area contributed by atoms with E-state index in [1.54, 1.807) is 38.1 Å². The topological polar surface area (TPSA) is 92.8 Å². The zero-order chi connectivity index (χ0) is 22.3. The van der Waals surface area contributed by atoms with Crippen molar-refractivity contribution in [3.63, 3.8) is 0 Å². The summed E-state index contributed by atoms with van der Waals surface area (Å²) >= 11 is 5.96. The summed E-state index contributed by atoms with van der Waals surface area (Å²) in [5, 5.41) is 2.85. The first-order chi connectivity index (χ1) is 14.2. The summed E-state index contributed by atoms with van der Waals surface area (Å²) in [5.41, 5.74) is 1.19. The molecule has 1 N–H and O–H groups in total. The van der Waals surface area contributed by atoms with E-state index in [4.69, 9.17) is 11.6 Å². The summed E-state index contributed by atoms with van der Waals surface area (Å²) in [6, 6.07) is 10.7. The van der Waals surface area contributed by atoms with Crippen LogP contribution >= 0.6 is 11.6 Å². The van der Waals surface area contributed by atoms with Gasteiger partial charge in [-0.1, -0.05) is 37.6 Å². The molecule has 160 valence electrons. The lowest BCUT2D eigenvalue weighted by Crippen LogP contribution is -2.30. The van der Waals surface area contributed by atoms with Crippen molar-refractivity contribution in [2.24, 2.45) is 0 Å². The maximum Gasteiger partial charge on any atom is 0.339 e. The number of hydrogen-bond donors (Lipinski definition) is 1. The molecule has 0 saturated carbocycles. The Morgan fingerprint density at radius 1 is 1.10 bits per heavy atom. The average molecular weight is 451 g/mol. The van der Waals surface area contributed by atoms with Gasteiger partial charge in [-0.15, -0.1) is 0 Å². The molecule has 0 fully saturated rings. The molecule has 30 heavy (non-hydrogen) atoms. The molecular formula is C21H23ClN2O5S. The number of sulfonamides is 1. The monoisotopic (exact) mass is 450 g/mol. The number of anilines is 1. The van der Waals surface area contributed by atoms with E-state index in [9.17, 15) is 18.0 Å². The molecule has 1 amide bonds. The number of ether oxygens (including phenoxy) is 1. The summed E-state index contributed by atoms with van der Waals surface area (Å²) in [5.74, 6) is -1.03. The van der Waals surface area contributed by atoms with E-state index in [-0.39, 0.29) is 15.5 Å². The number of hydrogen-bond acceptors (Lipinski definition) is 5. The number of nitrogens with one attached hydrogen (secondary N) is 1. The summed E-state index contributed by atoms with van der Waals surface area (Å²) in [4.78, 5) is 24.0. The van der Waals surface area contributed by atoms with Gasteiger partial charge >= 0.3 is 5.97 Å². The fraction of sp³-hybridized carbons (Fsp3) is 0.238. The van der Waals surface area contributed by atoms with Crippen molar-refractivity contribution in [2.75, 3.05) is 25.5 Å². The fourth-order valence-corrected chi connectivity index (χ4v) is 4.34. The van der Waals surface area contributed by atoms with Crippen LogP contribution in [0.5, 0.6) is 0 Å². The van der Waals surface area contributed by atoms with Gasteiger partial charge in [0.15, 0.2) is 0 Å². The van der Waals surface area contributed by atoms with Crippen molar-refractivity contribution in [2.45, 2.75) is 18.7 Å². The van der Waals surface area contributed by atoms with Gasteiger partial charge in [-0.25, -0.2) is 13.2 Å². The Morgan fingerprint density at radius 3 is 2.30 bits per heavy atom. The molecule has 0 spiro atoms. The molecule has 0 radical (unpaired) electrons. The third-order valence-electron chi connectivity index (χ3n) is 4.29. The molecule has 0 heterocycles. The van der Waals surface area contributed by atoms with Crippen molar-refractivity contribution in [3.8, 4) is 0 Å². The van der Waals surface area contributed by atoms with E-state index in [2.05, 4.69) is 10.1 Å².